The van der Waals surface area contributed by atoms with Crippen molar-refractivity contribution in [3.8, 4) is 23.0 Å². The van der Waals surface area contributed by atoms with E-state index in [0.29, 0.717) is 48.4 Å². The second kappa shape index (κ2) is 13.4. The number of hydrogen-bond acceptors (Lipinski definition) is 6. The maximum Gasteiger partial charge on any atom is 0.271 e. The quantitative estimate of drug-likeness (QED) is 0.225. The number of carbonyl (C=O) groups excluding carboxylic acids is 1. The summed E-state index contributed by atoms with van der Waals surface area (Å²) in [5.74, 6) is 1.97. The first kappa shape index (κ1) is 26.1. The van der Waals surface area contributed by atoms with Crippen LogP contribution >= 0.6 is 15.9 Å². The number of ether oxygens (including phenoxy) is 4. The minimum atomic E-state index is -0.360. The Morgan fingerprint density at radius 3 is 2.37 bits per heavy atom. The molecule has 0 aliphatic rings. The smallest absolute Gasteiger partial charge is 0.271 e. The number of amides is 1. The SMILES string of the molecule is CCCOc1ccc(C(=O)N/N=C/c2ccc(OCc3ccc(Br)cc3)c(OCC)c2)cc1OC. The van der Waals surface area contributed by atoms with Crippen molar-refractivity contribution in [3.05, 3.63) is 81.8 Å². The molecule has 0 saturated heterocycles. The zero-order chi connectivity index (χ0) is 25.0. The third kappa shape index (κ3) is 7.75. The van der Waals surface area contributed by atoms with Gasteiger partial charge < -0.3 is 18.9 Å². The number of nitrogens with zero attached hydrogens (tertiary/aromatic N) is 1. The summed E-state index contributed by atoms with van der Waals surface area (Å²) in [5, 5.41) is 4.08. The van der Waals surface area contributed by atoms with Gasteiger partial charge in [-0.05, 0) is 73.0 Å². The number of nitrogens with one attached hydrogen (secondary N) is 1. The number of rotatable bonds is 12. The van der Waals surface area contributed by atoms with Gasteiger partial charge in [-0.15, -0.1) is 0 Å². The van der Waals surface area contributed by atoms with E-state index in [0.717, 1.165) is 22.0 Å². The maximum atomic E-state index is 12.5. The average molecular weight is 541 g/mol. The molecular formula is C27H29BrN2O5. The summed E-state index contributed by atoms with van der Waals surface area (Å²) in [5.41, 5.74) is 4.75. The fourth-order valence-electron chi connectivity index (χ4n) is 3.10. The molecule has 0 aromatic heterocycles. The van der Waals surface area contributed by atoms with Gasteiger partial charge in [0.15, 0.2) is 23.0 Å². The molecule has 0 spiro atoms. The molecule has 1 amide bonds. The molecule has 35 heavy (non-hydrogen) atoms. The highest BCUT2D eigenvalue weighted by atomic mass is 79.9. The molecule has 0 fully saturated rings. The van der Waals surface area contributed by atoms with Gasteiger partial charge in [-0.25, -0.2) is 5.43 Å². The van der Waals surface area contributed by atoms with E-state index in [1.807, 2.05) is 56.3 Å². The molecule has 0 atom stereocenters. The molecule has 3 rings (SSSR count). The highest BCUT2D eigenvalue weighted by molar-refractivity contribution is 9.10. The fourth-order valence-corrected chi connectivity index (χ4v) is 3.37. The molecule has 0 heterocycles. The zero-order valence-corrected chi connectivity index (χ0v) is 21.6. The lowest BCUT2D eigenvalue weighted by molar-refractivity contribution is 0.0954. The molecule has 3 aromatic rings. The lowest BCUT2D eigenvalue weighted by atomic mass is 10.2. The summed E-state index contributed by atoms with van der Waals surface area (Å²) in [6.07, 6.45) is 2.43. The number of halogens is 1. The average Bonchev–Trinajstić information content (AvgIpc) is 2.88. The summed E-state index contributed by atoms with van der Waals surface area (Å²) < 4.78 is 23.7. The molecule has 7 nitrogen and oxygen atoms in total. The molecule has 0 aliphatic carbocycles. The van der Waals surface area contributed by atoms with Crippen LogP contribution in [0.5, 0.6) is 23.0 Å². The fraction of sp³-hybridized carbons (Fsp3) is 0.259. The van der Waals surface area contributed by atoms with Crippen LogP contribution in [0.4, 0.5) is 0 Å². The molecule has 8 heteroatoms. The highest BCUT2D eigenvalue weighted by Gasteiger charge is 2.11. The Labute approximate surface area is 214 Å². The molecule has 0 radical (unpaired) electrons. The van der Waals surface area contributed by atoms with Crippen LogP contribution in [0.15, 0.2) is 70.2 Å². The predicted octanol–water partition coefficient (Wildman–Crippen LogP) is 5.99. The van der Waals surface area contributed by atoms with Crippen molar-refractivity contribution in [2.45, 2.75) is 26.9 Å². The Bertz CT molecular complexity index is 1150. The van der Waals surface area contributed by atoms with E-state index in [-0.39, 0.29) is 5.91 Å². The van der Waals surface area contributed by atoms with Gasteiger partial charge in [-0.1, -0.05) is 35.0 Å². The van der Waals surface area contributed by atoms with Crippen LogP contribution in [0.25, 0.3) is 0 Å². The number of benzene rings is 3. The monoisotopic (exact) mass is 540 g/mol. The van der Waals surface area contributed by atoms with E-state index in [4.69, 9.17) is 18.9 Å². The minimum Gasteiger partial charge on any atom is -0.493 e. The van der Waals surface area contributed by atoms with E-state index in [9.17, 15) is 4.79 Å². The predicted molar refractivity (Wildman–Crippen MR) is 140 cm³/mol. The second-order valence-electron chi connectivity index (χ2n) is 7.47. The van der Waals surface area contributed by atoms with E-state index in [1.54, 1.807) is 24.4 Å². The van der Waals surface area contributed by atoms with Gasteiger partial charge in [0.25, 0.3) is 5.91 Å². The Hall–Kier alpha value is -3.52. The van der Waals surface area contributed by atoms with Gasteiger partial charge in [0.05, 0.1) is 26.5 Å². The molecule has 1 N–H and O–H groups in total. The van der Waals surface area contributed by atoms with Gasteiger partial charge in [-0.3, -0.25) is 4.79 Å². The third-order valence-electron chi connectivity index (χ3n) is 4.84. The van der Waals surface area contributed by atoms with Gasteiger partial charge >= 0.3 is 0 Å². The van der Waals surface area contributed by atoms with Crippen LogP contribution in [0.3, 0.4) is 0 Å². The number of methoxy groups -OCH3 is 1. The highest BCUT2D eigenvalue weighted by Crippen LogP contribution is 2.30. The van der Waals surface area contributed by atoms with Crippen molar-refractivity contribution in [2.24, 2.45) is 5.10 Å². The van der Waals surface area contributed by atoms with Crippen LogP contribution in [0, 0.1) is 0 Å². The summed E-state index contributed by atoms with van der Waals surface area (Å²) in [6, 6.07) is 18.4. The van der Waals surface area contributed by atoms with Crippen molar-refractivity contribution in [3.63, 3.8) is 0 Å². The van der Waals surface area contributed by atoms with Crippen LogP contribution in [-0.2, 0) is 6.61 Å². The largest absolute Gasteiger partial charge is 0.493 e. The van der Waals surface area contributed by atoms with E-state index in [1.165, 1.54) is 7.11 Å². The normalized spacial score (nSPS) is 10.7. The van der Waals surface area contributed by atoms with Crippen molar-refractivity contribution >= 4 is 28.1 Å². The summed E-state index contributed by atoms with van der Waals surface area (Å²) >= 11 is 3.43. The van der Waals surface area contributed by atoms with Crippen molar-refractivity contribution in [1.29, 1.82) is 0 Å². The second-order valence-corrected chi connectivity index (χ2v) is 8.38. The molecule has 0 bridgehead atoms. The van der Waals surface area contributed by atoms with E-state index in [2.05, 4.69) is 26.5 Å². The standard InChI is InChI=1S/C27H29BrN2O5/c1-4-14-34-23-13-9-21(16-25(23)32-3)27(31)30-29-17-20-8-12-24(26(15-20)33-5-2)35-18-19-6-10-22(28)11-7-19/h6-13,15-17H,4-5,14,18H2,1-3H3,(H,30,31)/b29-17+. The van der Waals surface area contributed by atoms with Gasteiger partial charge in [0.1, 0.15) is 6.61 Å². The Kier molecular flexibility index (Phi) is 9.98. The summed E-state index contributed by atoms with van der Waals surface area (Å²) in [4.78, 5) is 12.5. The van der Waals surface area contributed by atoms with Gasteiger partial charge in [-0.2, -0.15) is 5.10 Å². The van der Waals surface area contributed by atoms with E-state index >= 15 is 0 Å². The van der Waals surface area contributed by atoms with Crippen LogP contribution < -0.4 is 24.4 Å². The minimum absolute atomic E-state index is 0.360. The summed E-state index contributed by atoms with van der Waals surface area (Å²) in [7, 11) is 1.54. The molecule has 0 saturated carbocycles. The summed E-state index contributed by atoms with van der Waals surface area (Å²) in [6.45, 7) is 5.42. The third-order valence-corrected chi connectivity index (χ3v) is 5.37. The molecule has 0 aliphatic heterocycles. The molecule has 184 valence electrons. The number of hydrazone groups is 1. The lowest BCUT2D eigenvalue weighted by Crippen LogP contribution is -2.17. The first-order valence-corrected chi connectivity index (χ1v) is 12.1. The van der Waals surface area contributed by atoms with Crippen LogP contribution in [-0.4, -0.2) is 32.4 Å². The number of carbonyl (C=O) groups is 1. The van der Waals surface area contributed by atoms with Gasteiger partial charge in [0, 0.05) is 10.0 Å². The van der Waals surface area contributed by atoms with Crippen LogP contribution in [0.2, 0.25) is 0 Å². The molecular weight excluding hydrogens is 512 g/mol. The lowest BCUT2D eigenvalue weighted by Gasteiger charge is -2.13. The van der Waals surface area contributed by atoms with Crippen LogP contribution in [0.1, 0.15) is 41.8 Å². The number of hydrogen-bond donors (Lipinski definition) is 1. The maximum absolute atomic E-state index is 12.5. The molecule has 3 aromatic carbocycles. The van der Waals surface area contributed by atoms with E-state index < -0.39 is 0 Å². The Balaban J connectivity index is 1.64. The van der Waals surface area contributed by atoms with Crippen molar-refractivity contribution in [2.75, 3.05) is 20.3 Å². The van der Waals surface area contributed by atoms with Crippen molar-refractivity contribution in [1.82, 2.24) is 5.43 Å². The Morgan fingerprint density at radius 2 is 1.66 bits per heavy atom. The first-order valence-electron chi connectivity index (χ1n) is 11.3. The topological polar surface area (TPSA) is 78.4 Å². The van der Waals surface area contributed by atoms with Crippen molar-refractivity contribution < 1.29 is 23.7 Å². The Morgan fingerprint density at radius 1 is 0.914 bits per heavy atom. The molecule has 0 unspecified atom stereocenters. The first-order chi connectivity index (χ1) is 17.0. The van der Waals surface area contributed by atoms with Gasteiger partial charge in [0.2, 0.25) is 0 Å². The zero-order valence-electron chi connectivity index (χ0n) is 20.0.